The second-order valence-electron chi connectivity index (χ2n) is 3.87. The average Bonchev–Trinajstić information content (AvgIpc) is 2.73. The Morgan fingerprint density at radius 1 is 1.42 bits per heavy atom. The van der Waals surface area contributed by atoms with E-state index in [9.17, 15) is 9.59 Å². The number of carbonyl (C=O) groups is 2. The van der Waals surface area contributed by atoms with E-state index in [0.29, 0.717) is 16.6 Å². The van der Waals surface area contributed by atoms with Crippen molar-refractivity contribution in [1.29, 1.82) is 0 Å². The van der Waals surface area contributed by atoms with Crippen LogP contribution in [0.15, 0.2) is 24.3 Å². The van der Waals surface area contributed by atoms with Gasteiger partial charge in [0, 0.05) is 18.5 Å². The number of carboxylic acid groups (broad SMARTS) is 1. The molecule has 0 fully saturated rings. The van der Waals surface area contributed by atoms with Crippen LogP contribution in [-0.4, -0.2) is 33.9 Å². The Balaban J connectivity index is 2.60. The molecule has 0 bridgehead atoms. The van der Waals surface area contributed by atoms with Crippen molar-refractivity contribution in [2.45, 2.75) is 0 Å². The molecule has 0 aliphatic heterocycles. The van der Waals surface area contributed by atoms with Gasteiger partial charge in [0.15, 0.2) is 0 Å². The molecule has 6 heteroatoms. The maximum atomic E-state index is 11.2. The molecule has 1 heterocycles. The smallest absolute Gasteiger partial charge is 0.337 e. The van der Waals surface area contributed by atoms with E-state index in [0.717, 1.165) is 0 Å². The van der Waals surface area contributed by atoms with E-state index in [-0.39, 0.29) is 5.56 Å². The summed E-state index contributed by atoms with van der Waals surface area (Å²) in [6.45, 7) is 0. The fraction of sp³-hybridized carbons (Fsp3) is 0.154. The van der Waals surface area contributed by atoms with Gasteiger partial charge in [0.25, 0.3) is 0 Å². The summed E-state index contributed by atoms with van der Waals surface area (Å²) in [6.07, 6.45) is 2.75. The number of methoxy groups -OCH3 is 1. The van der Waals surface area contributed by atoms with Crippen LogP contribution in [0.4, 0.5) is 0 Å². The molecule has 1 aromatic heterocycles. The molecule has 2 rings (SSSR count). The van der Waals surface area contributed by atoms with Crippen LogP contribution in [0.3, 0.4) is 0 Å². The lowest BCUT2D eigenvalue weighted by molar-refractivity contribution is -0.134. The Morgan fingerprint density at radius 2 is 2.16 bits per heavy atom. The van der Waals surface area contributed by atoms with E-state index in [2.05, 4.69) is 9.84 Å². The first kappa shape index (κ1) is 12.8. The number of benzene rings is 1. The molecule has 2 aromatic rings. The van der Waals surface area contributed by atoms with Gasteiger partial charge in [-0.25, -0.2) is 9.59 Å². The van der Waals surface area contributed by atoms with E-state index in [1.807, 2.05) is 0 Å². The average molecular weight is 260 g/mol. The number of esters is 1. The summed E-state index contributed by atoms with van der Waals surface area (Å²) in [5.41, 5.74) is 1.20. The van der Waals surface area contributed by atoms with Crippen molar-refractivity contribution in [1.82, 2.24) is 9.78 Å². The van der Waals surface area contributed by atoms with E-state index in [1.54, 1.807) is 19.2 Å². The van der Waals surface area contributed by atoms with Crippen molar-refractivity contribution < 1.29 is 19.4 Å². The fourth-order valence-electron chi connectivity index (χ4n) is 1.88. The molecular formula is C13H12N2O4. The Morgan fingerprint density at radius 3 is 2.79 bits per heavy atom. The van der Waals surface area contributed by atoms with Crippen molar-refractivity contribution in [3.8, 4) is 0 Å². The molecule has 0 aliphatic rings. The summed E-state index contributed by atoms with van der Waals surface area (Å²) in [4.78, 5) is 22.2. The molecule has 19 heavy (non-hydrogen) atoms. The minimum Gasteiger partial charge on any atom is -0.478 e. The van der Waals surface area contributed by atoms with Gasteiger partial charge in [0.05, 0.1) is 23.9 Å². The van der Waals surface area contributed by atoms with Crippen LogP contribution in [0.2, 0.25) is 0 Å². The molecule has 98 valence electrons. The standard InChI is InChI=1S/C13H12N2O4/c1-15-12-8(4-3-5-9(12)13(17)18)10(14-15)6-7-11(16)19-2/h3-7H,1-2H3,(H,17,18). The first-order valence-corrected chi connectivity index (χ1v) is 5.49. The summed E-state index contributed by atoms with van der Waals surface area (Å²) in [6, 6.07) is 4.91. The van der Waals surface area contributed by atoms with Crippen LogP contribution in [0.5, 0.6) is 0 Å². The number of fused-ring (bicyclic) bond motifs is 1. The molecule has 6 nitrogen and oxygen atoms in total. The predicted octanol–water partition coefficient (Wildman–Crippen LogP) is 1.46. The normalized spacial score (nSPS) is 11.1. The highest BCUT2D eigenvalue weighted by Crippen LogP contribution is 2.22. The number of carbonyl (C=O) groups excluding carboxylic acids is 1. The third-order valence-corrected chi connectivity index (χ3v) is 2.70. The first-order valence-electron chi connectivity index (χ1n) is 5.49. The molecule has 0 amide bonds. The van der Waals surface area contributed by atoms with E-state index in [4.69, 9.17) is 5.11 Å². The predicted molar refractivity (Wildman–Crippen MR) is 68.7 cm³/mol. The number of nitrogens with zero attached hydrogens (tertiary/aromatic N) is 2. The molecule has 0 saturated heterocycles. The lowest BCUT2D eigenvalue weighted by Crippen LogP contribution is -2.00. The Hall–Kier alpha value is -2.63. The van der Waals surface area contributed by atoms with Crippen LogP contribution in [-0.2, 0) is 16.6 Å². The van der Waals surface area contributed by atoms with Gasteiger partial charge < -0.3 is 9.84 Å². The number of hydrogen-bond acceptors (Lipinski definition) is 4. The van der Waals surface area contributed by atoms with Gasteiger partial charge in [-0.15, -0.1) is 0 Å². The van der Waals surface area contributed by atoms with Gasteiger partial charge in [-0.2, -0.15) is 5.10 Å². The molecule has 0 radical (unpaired) electrons. The summed E-state index contributed by atoms with van der Waals surface area (Å²) in [7, 11) is 2.94. The summed E-state index contributed by atoms with van der Waals surface area (Å²) < 4.78 is 5.98. The zero-order chi connectivity index (χ0) is 14.0. The molecule has 0 atom stereocenters. The lowest BCUT2D eigenvalue weighted by Gasteiger charge is -1.98. The number of aromatic nitrogens is 2. The SMILES string of the molecule is COC(=O)C=Cc1nn(C)c2c(C(=O)O)cccc12. The third kappa shape index (κ3) is 2.33. The quantitative estimate of drug-likeness (QED) is 0.667. The van der Waals surface area contributed by atoms with Gasteiger partial charge >= 0.3 is 11.9 Å². The van der Waals surface area contributed by atoms with Crippen LogP contribution >= 0.6 is 0 Å². The highest BCUT2D eigenvalue weighted by molar-refractivity contribution is 6.04. The Labute approximate surface area is 108 Å². The minimum absolute atomic E-state index is 0.171. The van der Waals surface area contributed by atoms with Crippen LogP contribution < -0.4 is 0 Å². The number of para-hydroxylation sites is 1. The number of rotatable bonds is 3. The summed E-state index contributed by atoms with van der Waals surface area (Å²) >= 11 is 0. The molecule has 1 N–H and O–H groups in total. The van der Waals surface area contributed by atoms with Gasteiger partial charge in [-0.3, -0.25) is 4.68 Å². The van der Waals surface area contributed by atoms with Crippen LogP contribution in [0.25, 0.3) is 17.0 Å². The van der Waals surface area contributed by atoms with Crippen LogP contribution in [0.1, 0.15) is 16.1 Å². The van der Waals surface area contributed by atoms with Gasteiger partial charge in [-0.05, 0) is 12.1 Å². The van der Waals surface area contributed by atoms with Crippen molar-refractivity contribution in [3.63, 3.8) is 0 Å². The van der Waals surface area contributed by atoms with E-state index in [1.165, 1.54) is 30.0 Å². The van der Waals surface area contributed by atoms with Crippen molar-refractivity contribution in [3.05, 3.63) is 35.5 Å². The first-order chi connectivity index (χ1) is 9.04. The molecule has 0 unspecified atom stereocenters. The summed E-state index contributed by atoms with van der Waals surface area (Å²) in [5, 5.41) is 14.0. The number of carboxylic acids is 1. The second kappa shape index (κ2) is 4.93. The van der Waals surface area contributed by atoms with Crippen molar-refractivity contribution in [2.24, 2.45) is 7.05 Å². The van der Waals surface area contributed by atoms with Gasteiger partial charge in [-0.1, -0.05) is 12.1 Å². The highest BCUT2D eigenvalue weighted by Gasteiger charge is 2.14. The third-order valence-electron chi connectivity index (χ3n) is 2.70. The number of ether oxygens (including phenoxy) is 1. The molecule has 0 spiro atoms. The molecule has 1 aromatic carbocycles. The van der Waals surface area contributed by atoms with E-state index >= 15 is 0 Å². The minimum atomic E-state index is -1.02. The maximum Gasteiger partial charge on any atom is 0.337 e. The lowest BCUT2D eigenvalue weighted by atomic mass is 10.1. The van der Waals surface area contributed by atoms with Gasteiger partial charge in [0.2, 0.25) is 0 Å². The summed E-state index contributed by atoms with van der Waals surface area (Å²) in [5.74, 6) is -1.51. The van der Waals surface area contributed by atoms with E-state index < -0.39 is 11.9 Å². The highest BCUT2D eigenvalue weighted by atomic mass is 16.5. The number of hydrogen-bond donors (Lipinski definition) is 1. The largest absolute Gasteiger partial charge is 0.478 e. The molecule has 0 aliphatic carbocycles. The number of aryl methyl sites for hydroxylation is 1. The fourth-order valence-corrected chi connectivity index (χ4v) is 1.88. The Bertz CT molecular complexity index is 685. The maximum absolute atomic E-state index is 11.2. The zero-order valence-corrected chi connectivity index (χ0v) is 10.5. The molecular weight excluding hydrogens is 248 g/mol. The van der Waals surface area contributed by atoms with Crippen LogP contribution in [0, 0.1) is 0 Å². The monoisotopic (exact) mass is 260 g/mol. The van der Waals surface area contributed by atoms with Gasteiger partial charge in [0.1, 0.15) is 0 Å². The van der Waals surface area contributed by atoms with Crippen molar-refractivity contribution in [2.75, 3.05) is 7.11 Å². The topological polar surface area (TPSA) is 81.4 Å². The Kier molecular flexibility index (Phi) is 3.33. The zero-order valence-electron chi connectivity index (χ0n) is 10.5. The number of aromatic carboxylic acids is 1. The molecule has 0 saturated carbocycles. The second-order valence-corrected chi connectivity index (χ2v) is 3.87. The van der Waals surface area contributed by atoms with Crippen molar-refractivity contribution >= 4 is 28.9 Å².